The molecule has 0 aliphatic rings. The second kappa shape index (κ2) is 5.62. The molecule has 1 heterocycles. The van der Waals surface area contributed by atoms with E-state index in [1.807, 2.05) is 0 Å². The van der Waals surface area contributed by atoms with Crippen LogP contribution in [0.2, 0.25) is 0 Å². The van der Waals surface area contributed by atoms with E-state index in [4.69, 9.17) is 4.74 Å². The largest absolute Gasteiger partial charge is 0.461 e. The summed E-state index contributed by atoms with van der Waals surface area (Å²) >= 11 is 1.04. The zero-order valence-electron chi connectivity index (χ0n) is 10.4. The first-order chi connectivity index (χ1) is 9.41. The molecular weight excluding hydrogens is 291 g/mol. The molecule has 0 saturated heterocycles. The van der Waals surface area contributed by atoms with Gasteiger partial charge in [0, 0.05) is 10.9 Å². The van der Waals surface area contributed by atoms with Crippen molar-refractivity contribution in [3.05, 3.63) is 40.2 Å². The van der Waals surface area contributed by atoms with E-state index in [9.17, 15) is 18.0 Å². The molecule has 0 atom stereocenters. The van der Waals surface area contributed by atoms with Gasteiger partial charge in [0.2, 0.25) is 5.01 Å². The number of halogens is 3. The van der Waals surface area contributed by atoms with Crippen LogP contribution >= 0.6 is 11.3 Å². The number of alkyl halides is 3. The van der Waals surface area contributed by atoms with Crippen LogP contribution < -0.4 is 0 Å². The molecular formula is C13H10F3NO2S. The summed E-state index contributed by atoms with van der Waals surface area (Å²) in [4.78, 5) is 15.5. The quantitative estimate of drug-likeness (QED) is 0.804. The van der Waals surface area contributed by atoms with Gasteiger partial charge in [0.05, 0.1) is 17.9 Å². The molecule has 0 N–H and O–H groups in total. The van der Waals surface area contributed by atoms with E-state index in [1.54, 1.807) is 6.92 Å². The average molecular weight is 301 g/mol. The van der Waals surface area contributed by atoms with Gasteiger partial charge >= 0.3 is 12.1 Å². The van der Waals surface area contributed by atoms with Crippen LogP contribution in [-0.4, -0.2) is 17.6 Å². The number of rotatable bonds is 3. The summed E-state index contributed by atoms with van der Waals surface area (Å²) in [6, 6.07) is 4.81. The lowest BCUT2D eigenvalue weighted by atomic mass is 10.1. The van der Waals surface area contributed by atoms with Gasteiger partial charge in [-0.3, -0.25) is 0 Å². The van der Waals surface area contributed by atoms with E-state index in [0.29, 0.717) is 11.3 Å². The van der Waals surface area contributed by atoms with Crippen molar-refractivity contribution in [2.24, 2.45) is 0 Å². The van der Waals surface area contributed by atoms with Gasteiger partial charge < -0.3 is 4.74 Å². The number of hydrogen-bond acceptors (Lipinski definition) is 4. The molecule has 1 aromatic carbocycles. The Balaban J connectivity index is 2.31. The third-order valence-corrected chi connectivity index (χ3v) is 3.26. The standard InChI is InChI=1S/C13H10F3NO2S/c1-2-19-12(18)11-17-10(7-20-11)8-4-3-5-9(6-8)13(14,15)16/h3-7H,2H2,1H3. The van der Waals surface area contributed by atoms with Crippen molar-refractivity contribution >= 4 is 17.3 Å². The van der Waals surface area contributed by atoms with Crippen molar-refractivity contribution in [3.63, 3.8) is 0 Å². The number of thiazole rings is 1. The van der Waals surface area contributed by atoms with Crippen LogP contribution in [-0.2, 0) is 10.9 Å². The van der Waals surface area contributed by atoms with Crippen molar-refractivity contribution in [3.8, 4) is 11.3 Å². The number of ether oxygens (including phenoxy) is 1. The van der Waals surface area contributed by atoms with Crippen LogP contribution in [0.15, 0.2) is 29.6 Å². The van der Waals surface area contributed by atoms with Gasteiger partial charge in [-0.05, 0) is 19.1 Å². The second-order valence-corrected chi connectivity index (χ2v) is 4.70. The van der Waals surface area contributed by atoms with E-state index in [0.717, 1.165) is 23.5 Å². The molecule has 2 rings (SSSR count). The smallest absolute Gasteiger partial charge is 0.416 e. The Hall–Kier alpha value is -1.89. The number of hydrogen-bond donors (Lipinski definition) is 0. The van der Waals surface area contributed by atoms with Gasteiger partial charge in [0.1, 0.15) is 0 Å². The van der Waals surface area contributed by atoms with Crippen LogP contribution in [0, 0.1) is 0 Å². The molecule has 0 amide bonds. The summed E-state index contributed by atoms with van der Waals surface area (Å²) in [5.74, 6) is -0.573. The molecule has 0 unspecified atom stereocenters. The first-order valence-electron chi connectivity index (χ1n) is 5.72. The van der Waals surface area contributed by atoms with Gasteiger partial charge in [-0.15, -0.1) is 11.3 Å². The number of carbonyl (C=O) groups excluding carboxylic acids is 1. The first kappa shape index (κ1) is 14.5. The van der Waals surface area contributed by atoms with Crippen molar-refractivity contribution < 1.29 is 22.7 Å². The topological polar surface area (TPSA) is 39.2 Å². The maximum atomic E-state index is 12.6. The second-order valence-electron chi connectivity index (χ2n) is 3.84. The van der Waals surface area contributed by atoms with Gasteiger partial charge in [-0.2, -0.15) is 13.2 Å². The van der Waals surface area contributed by atoms with Crippen LogP contribution in [0.5, 0.6) is 0 Å². The van der Waals surface area contributed by atoms with E-state index in [1.165, 1.54) is 17.5 Å². The number of nitrogens with zero attached hydrogens (tertiary/aromatic N) is 1. The highest BCUT2D eigenvalue weighted by Gasteiger charge is 2.30. The predicted molar refractivity (Wildman–Crippen MR) is 68.5 cm³/mol. The molecule has 2 aromatic rings. The van der Waals surface area contributed by atoms with Gasteiger partial charge in [-0.1, -0.05) is 12.1 Å². The van der Waals surface area contributed by atoms with E-state index in [-0.39, 0.29) is 11.6 Å². The Kier molecular flexibility index (Phi) is 4.08. The Bertz CT molecular complexity index is 622. The molecule has 0 bridgehead atoms. The molecule has 106 valence electrons. The summed E-state index contributed by atoms with van der Waals surface area (Å²) in [7, 11) is 0. The fourth-order valence-corrected chi connectivity index (χ4v) is 2.27. The van der Waals surface area contributed by atoms with Crippen LogP contribution in [0.1, 0.15) is 22.3 Å². The average Bonchev–Trinajstić information content (AvgIpc) is 2.88. The molecule has 0 aliphatic heterocycles. The molecule has 20 heavy (non-hydrogen) atoms. The van der Waals surface area contributed by atoms with E-state index in [2.05, 4.69) is 4.98 Å². The summed E-state index contributed by atoms with van der Waals surface area (Å²) in [6.07, 6.45) is -4.41. The molecule has 3 nitrogen and oxygen atoms in total. The van der Waals surface area contributed by atoms with Crippen LogP contribution in [0.3, 0.4) is 0 Å². The molecule has 0 spiro atoms. The van der Waals surface area contributed by atoms with E-state index < -0.39 is 17.7 Å². The first-order valence-corrected chi connectivity index (χ1v) is 6.60. The fourth-order valence-electron chi connectivity index (χ4n) is 1.55. The summed E-state index contributed by atoms with van der Waals surface area (Å²) in [6.45, 7) is 1.89. The highest BCUT2D eigenvalue weighted by molar-refractivity contribution is 7.11. The van der Waals surface area contributed by atoms with Crippen molar-refractivity contribution in [1.29, 1.82) is 0 Å². The zero-order valence-corrected chi connectivity index (χ0v) is 11.2. The molecule has 0 radical (unpaired) electrons. The number of carbonyl (C=O) groups is 1. The Morgan fingerprint density at radius 3 is 2.80 bits per heavy atom. The Morgan fingerprint density at radius 1 is 1.40 bits per heavy atom. The molecule has 7 heteroatoms. The maximum Gasteiger partial charge on any atom is 0.416 e. The summed E-state index contributed by atoms with van der Waals surface area (Å²) in [5, 5.41) is 1.65. The van der Waals surface area contributed by atoms with Crippen molar-refractivity contribution in [2.45, 2.75) is 13.1 Å². The third kappa shape index (κ3) is 3.16. The van der Waals surface area contributed by atoms with Crippen LogP contribution in [0.25, 0.3) is 11.3 Å². The SMILES string of the molecule is CCOC(=O)c1nc(-c2cccc(C(F)(F)F)c2)cs1. The van der Waals surface area contributed by atoms with Crippen molar-refractivity contribution in [1.82, 2.24) is 4.98 Å². The summed E-state index contributed by atoms with van der Waals surface area (Å²) < 4.78 is 42.7. The highest BCUT2D eigenvalue weighted by atomic mass is 32.1. The number of benzene rings is 1. The number of aromatic nitrogens is 1. The summed E-state index contributed by atoms with van der Waals surface area (Å²) in [5.41, 5.74) is -0.114. The lowest BCUT2D eigenvalue weighted by Gasteiger charge is -2.07. The van der Waals surface area contributed by atoms with Gasteiger partial charge in [0.15, 0.2) is 0 Å². The Labute approximate surface area is 117 Å². The predicted octanol–water partition coefficient (Wildman–Crippen LogP) is 4.01. The lowest BCUT2D eigenvalue weighted by Crippen LogP contribution is -2.05. The minimum absolute atomic E-state index is 0.124. The van der Waals surface area contributed by atoms with Crippen LogP contribution in [0.4, 0.5) is 13.2 Å². The Morgan fingerprint density at radius 2 is 2.15 bits per heavy atom. The van der Waals surface area contributed by atoms with Crippen molar-refractivity contribution in [2.75, 3.05) is 6.61 Å². The van der Waals surface area contributed by atoms with Gasteiger partial charge in [0.25, 0.3) is 0 Å². The molecule has 0 fully saturated rings. The third-order valence-electron chi connectivity index (χ3n) is 2.44. The lowest BCUT2D eigenvalue weighted by molar-refractivity contribution is -0.137. The molecule has 1 aromatic heterocycles. The maximum absolute atomic E-state index is 12.6. The molecule has 0 aliphatic carbocycles. The fraction of sp³-hybridized carbons (Fsp3) is 0.231. The van der Waals surface area contributed by atoms with E-state index >= 15 is 0 Å². The minimum atomic E-state index is -4.41. The normalized spacial score (nSPS) is 11.4. The monoisotopic (exact) mass is 301 g/mol. The highest BCUT2D eigenvalue weighted by Crippen LogP contribution is 2.32. The zero-order chi connectivity index (χ0) is 14.8. The number of esters is 1. The van der Waals surface area contributed by atoms with Gasteiger partial charge in [-0.25, -0.2) is 9.78 Å². The minimum Gasteiger partial charge on any atom is -0.461 e. The molecule has 0 saturated carbocycles.